The van der Waals surface area contributed by atoms with Gasteiger partial charge >= 0.3 is 0 Å². The number of carbonyl (C=O) groups excluding carboxylic acids is 1. The molecule has 29 heavy (non-hydrogen) atoms. The van der Waals surface area contributed by atoms with Crippen LogP contribution in [0.1, 0.15) is 113 Å². The average molecular weight is 401 g/mol. The molecule has 1 aromatic carbocycles. The summed E-state index contributed by atoms with van der Waals surface area (Å²) in [4.78, 5) is 10.6. The number of benzene rings is 1. The van der Waals surface area contributed by atoms with Crippen LogP contribution in [0.25, 0.3) is 0 Å². The van der Waals surface area contributed by atoms with E-state index >= 15 is 0 Å². The van der Waals surface area contributed by atoms with Gasteiger partial charge in [0.2, 0.25) is 0 Å². The van der Waals surface area contributed by atoms with Crippen LogP contribution in [0.3, 0.4) is 0 Å². The predicted octanol–water partition coefficient (Wildman–Crippen LogP) is 7.57. The van der Waals surface area contributed by atoms with Crippen LogP contribution >= 0.6 is 0 Å². The van der Waals surface area contributed by atoms with Gasteiger partial charge in [0.1, 0.15) is 5.60 Å². The second-order valence-electron chi connectivity index (χ2n) is 10.7. The fourth-order valence-electron chi connectivity index (χ4n) is 4.57. The van der Waals surface area contributed by atoms with Crippen LogP contribution in [-0.4, -0.2) is 12.1 Å². The highest BCUT2D eigenvalue weighted by Gasteiger charge is 2.44. The van der Waals surface area contributed by atoms with E-state index in [0.717, 1.165) is 19.3 Å². The Kier molecular flexibility index (Phi) is 8.79. The van der Waals surface area contributed by atoms with Gasteiger partial charge in [0.25, 0.3) is 6.47 Å². The average Bonchev–Trinajstić information content (AvgIpc) is 3.40. The first-order chi connectivity index (χ1) is 13.7. The van der Waals surface area contributed by atoms with E-state index in [2.05, 4.69) is 47.6 Å². The molecule has 0 spiro atoms. The van der Waals surface area contributed by atoms with Crippen molar-refractivity contribution in [3.8, 4) is 0 Å². The van der Waals surface area contributed by atoms with Crippen molar-refractivity contribution in [2.24, 2.45) is 5.41 Å². The highest BCUT2D eigenvalue weighted by molar-refractivity contribution is 5.44. The van der Waals surface area contributed by atoms with Gasteiger partial charge in [0.15, 0.2) is 0 Å². The van der Waals surface area contributed by atoms with E-state index in [1.165, 1.54) is 74.5 Å². The molecule has 0 aromatic heterocycles. The van der Waals surface area contributed by atoms with Gasteiger partial charge in [-0.3, -0.25) is 4.79 Å². The van der Waals surface area contributed by atoms with Crippen molar-refractivity contribution >= 4 is 6.47 Å². The smallest absolute Gasteiger partial charge is 0.293 e. The third-order valence-corrected chi connectivity index (χ3v) is 6.91. The van der Waals surface area contributed by atoms with Crippen molar-refractivity contribution in [2.75, 3.05) is 0 Å². The molecule has 1 saturated carbocycles. The van der Waals surface area contributed by atoms with Gasteiger partial charge in [-0.15, -0.1) is 0 Å². The number of aryl methyl sites for hydroxylation is 2. The maximum atomic E-state index is 10.6. The Morgan fingerprint density at radius 1 is 0.931 bits per heavy atom. The first kappa shape index (κ1) is 24.0. The van der Waals surface area contributed by atoms with Gasteiger partial charge in [0, 0.05) is 0 Å². The number of unbranched alkanes of at least 4 members (excludes halogenated alkanes) is 4. The molecule has 0 bridgehead atoms. The Bertz CT molecular complexity index is 662. The summed E-state index contributed by atoms with van der Waals surface area (Å²) in [6, 6.07) is 2.44. The molecular formula is C27H44O2. The molecule has 0 heterocycles. The molecule has 1 fully saturated rings. The Morgan fingerprint density at radius 3 is 2.21 bits per heavy atom. The molecule has 1 aliphatic rings. The van der Waals surface area contributed by atoms with E-state index in [-0.39, 0.29) is 5.60 Å². The Labute approximate surface area is 179 Å². The van der Waals surface area contributed by atoms with E-state index in [4.69, 9.17) is 4.74 Å². The third kappa shape index (κ3) is 7.79. The standard InChI is InChI=1S/C27H44O2/c1-21-19-24(13-9-7-11-15-26(4,5)6)23(3)25(22(21)2)14-10-8-12-16-27(17-18-27)29-20-28/h19-20H,7-18H2,1-6H3. The summed E-state index contributed by atoms with van der Waals surface area (Å²) in [6.07, 6.45) is 14.5. The molecule has 0 saturated heterocycles. The monoisotopic (exact) mass is 400 g/mol. The molecule has 0 N–H and O–H groups in total. The molecular weight excluding hydrogens is 356 g/mol. The van der Waals surface area contributed by atoms with E-state index in [1.54, 1.807) is 11.1 Å². The van der Waals surface area contributed by atoms with Crippen LogP contribution in [0.2, 0.25) is 0 Å². The molecule has 164 valence electrons. The lowest BCUT2D eigenvalue weighted by Crippen LogP contribution is -2.12. The number of hydrogen-bond acceptors (Lipinski definition) is 2. The van der Waals surface area contributed by atoms with Crippen LogP contribution in [0.4, 0.5) is 0 Å². The zero-order valence-electron chi connectivity index (χ0n) is 20.0. The number of ether oxygens (including phenoxy) is 1. The first-order valence-corrected chi connectivity index (χ1v) is 11.9. The summed E-state index contributed by atoms with van der Waals surface area (Å²) in [6.45, 7) is 14.6. The van der Waals surface area contributed by atoms with Crippen LogP contribution in [0, 0.1) is 26.2 Å². The fourth-order valence-corrected chi connectivity index (χ4v) is 4.57. The maximum Gasteiger partial charge on any atom is 0.293 e. The van der Waals surface area contributed by atoms with E-state index in [0.29, 0.717) is 11.9 Å². The lowest BCUT2D eigenvalue weighted by Gasteiger charge is -2.19. The van der Waals surface area contributed by atoms with Crippen LogP contribution < -0.4 is 0 Å². The maximum absolute atomic E-state index is 10.6. The van der Waals surface area contributed by atoms with Gasteiger partial charge in [-0.2, -0.15) is 0 Å². The molecule has 0 aliphatic heterocycles. The highest BCUT2D eigenvalue weighted by atomic mass is 16.5. The molecule has 0 atom stereocenters. The summed E-state index contributed by atoms with van der Waals surface area (Å²) >= 11 is 0. The Hall–Kier alpha value is -1.31. The molecule has 2 rings (SSSR count). The molecule has 2 heteroatoms. The molecule has 1 aromatic rings. The van der Waals surface area contributed by atoms with E-state index in [9.17, 15) is 4.79 Å². The zero-order valence-corrected chi connectivity index (χ0v) is 20.0. The number of rotatable bonds is 13. The number of hydrogen-bond donors (Lipinski definition) is 0. The van der Waals surface area contributed by atoms with Gasteiger partial charge in [-0.05, 0) is 112 Å². The third-order valence-electron chi connectivity index (χ3n) is 6.91. The molecule has 0 amide bonds. The van der Waals surface area contributed by atoms with Crippen LogP contribution in [0.15, 0.2) is 6.07 Å². The van der Waals surface area contributed by atoms with E-state index < -0.39 is 0 Å². The molecule has 0 radical (unpaired) electrons. The second kappa shape index (κ2) is 10.6. The van der Waals surface area contributed by atoms with Crippen LogP contribution in [-0.2, 0) is 22.4 Å². The lowest BCUT2D eigenvalue weighted by molar-refractivity contribution is -0.135. The minimum atomic E-state index is -0.0862. The lowest BCUT2D eigenvalue weighted by atomic mass is 9.87. The van der Waals surface area contributed by atoms with Crippen molar-refractivity contribution in [3.05, 3.63) is 33.9 Å². The zero-order chi connectivity index (χ0) is 21.5. The number of carbonyl (C=O) groups is 1. The van der Waals surface area contributed by atoms with E-state index in [1.807, 2.05) is 0 Å². The van der Waals surface area contributed by atoms with Crippen molar-refractivity contribution in [3.63, 3.8) is 0 Å². The quantitative estimate of drug-likeness (QED) is 0.252. The summed E-state index contributed by atoms with van der Waals surface area (Å²) in [7, 11) is 0. The van der Waals surface area contributed by atoms with Gasteiger partial charge in [-0.1, -0.05) is 46.1 Å². The minimum Gasteiger partial charge on any atom is -0.461 e. The van der Waals surface area contributed by atoms with Gasteiger partial charge in [-0.25, -0.2) is 0 Å². The minimum absolute atomic E-state index is 0.0862. The summed E-state index contributed by atoms with van der Waals surface area (Å²) in [5, 5.41) is 0. The first-order valence-electron chi connectivity index (χ1n) is 11.9. The predicted molar refractivity (Wildman–Crippen MR) is 124 cm³/mol. The van der Waals surface area contributed by atoms with Crippen LogP contribution in [0.5, 0.6) is 0 Å². The van der Waals surface area contributed by atoms with Gasteiger partial charge in [0.05, 0.1) is 0 Å². The largest absolute Gasteiger partial charge is 0.461 e. The molecule has 2 nitrogen and oxygen atoms in total. The van der Waals surface area contributed by atoms with Crippen molar-refractivity contribution in [1.29, 1.82) is 0 Å². The summed E-state index contributed by atoms with van der Waals surface area (Å²) in [5.41, 5.74) is 8.00. The van der Waals surface area contributed by atoms with Crippen molar-refractivity contribution < 1.29 is 9.53 Å². The van der Waals surface area contributed by atoms with Gasteiger partial charge < -0.3 is 4.74 Å². The summed E-state index contributed by atoms with van der Waals surface area (Å²) in [5.74, 6) is 0. The highest BCUT2D eigenvalue weighted by Crippen LogP contribution is 2.43. The Morgan fingerprint density at radius 2 is 1.59 bits per heavy atom. The normalized spacial score (nSPS) is 15.4. The Balaban J connectivity index is 1.81. The molecule has 1 aliphatic carbocycles. The second-order valence-corrected chi connectivity index (χ2v) is 10.7. The van der Waals surface area contributed by atoms with Crippen molar-refractivity contribution in [2.45, 2.75) is 124 Å². The SMILES string of the molecule is Cc1cc(CCCCCC(C)(C)C)c(C)c(CCCCCC2(OC=O)CC2)c1C. The molecule has 0 unspecified atom stereocenters. The fraction of sp³-hybridized carbons (Fsp3) is 0.741. The summed E-state index contributed by atoms with van der Waals surface area (Å²) < 4.78 is 5.27. The van der Waals surface area contributed by atoms with Crippen molar-refractivity contribution in [1.82, 2.24) is 0 Å². The topological polar surface area (TPSA) is 26.3 Å².